The van der Waals surface area contributed by atoms with Crippen LogP contribution in [0.3, 0.4) is 0 Å². The molecule has 0 N–H and O–H groups in total. The van der Waals surface area contributed by atoms with E-state index in [1.807, 2.05) is 25.1 Å². The van der Waals surface area contributed by atoms with E-state index in [9.17, 15) is 4.79 Å². The van der Waals surface area contributed by atoms with Gasteiger partial charge < -0.3 is 4.74 Å². The van der Waals surface area contributed by atoms with Crippen molar-refractivity contribution in [2.24, 2.45) is 0 Å². The van der Waals surface area contributed by atoms with E-state index in [1.54, 1.807) is 11.3 Å². The Bertz CT molecular complexity index is 655. The number of hydrogen-bond acceptors (Lipinski definition) is 3. The van der Waals surface area contributed by atoms with Crippen LogP contribution in [-0.4, -0.2) is 5.78 Å². The zero-order chi connectivity index (χ0) is 13.6. The third kappa shape index (κ3) is 2.19. The molecule has 2 nitrogen and oxygen atoms in total. The fourth-order valence-corrected chi connectivity index (χ4v) is 3.56. The normalized spacial score (nSPS) is 18.1. The summed E-state index contributed by atoms with van der Waals surface area (Å²) >= 11 is 1.76. The number of fused-ring (bicyclic) bond motifs is 1. The van der Waals surface area contributed by atoms with Crippen LogP contribution in [0.5, 0.6) is 5.75 Å². The van der Waals surface area contributed by atoms with Crippen molar-refractivity contribution in [3.05, 3.63) is 50.7 Å². The van der Waals surface area contributed by atoms with Crippen molar-refractivity contribution in [3.8, 4) is 5.75 Å². The van der Waals surface area contributed by atoms with Gasteiger partial charge in [-0.3, -0.25) is 4.79 Å². The second kappa shape index (κ2) is 4.49. The molecule has 3 rings (SSSR count). The molecule has 1 aromatic heterocycles. The van der Waals surface area contributed by atoms with Gasteiger partial charge >= 0.3 is 0 Å². The van der Waals surface area contributed by atoms with E-state index in [-0.39, 0.29) is 11.9 Å². The molecule has 0 saturated heterocycles. The average molecular weight is 272 g/mol. The molecule has 0 saturated carbocycles. The molecule has 0 spiro atoms. The molecule has 2 heterocycles. The monoisotopic (exact) mass is 272 g/mol. The lowest BCUT2D eigenvalue weighted by molar-refractivity contribution is 0.0850. The Balaban J connectivity index is 1.99. The molecule has 0 radical (unpaired) electrons. The maximum Gasteiger partial charge on any atom is 0.170 e. The number of hydrogen-bond donors (Lipinski definition) is 0. The summed E-state index contributed by atoms with van der Waals surface area (Å²) in [5.74, 6) is 0.897. The second-order valence-corrected chi connectivity index (χ2v) is 6.56. The summed E-state index contributed by atoms with van der Waals surface area (Å²) in [7, 11) is 0. The molecule has 1 aliphatic heterocycles. The number of Topliss-reactive ketones (excluding diaryl/α,β-unsaturated/α-hetero) is 1. The highest BCUT2D eigenvalue weighted by atomic mass is 32.1. The Morgan fingerprint density at radius 1 is 1.21 bits per heavy atom. The number of rotatable bonds is 1. The Kier molecular flexibility index (Phi) is 2.94. The predicted molar refractivity (Wildman–Crippen MR) is 77.3 cm³/mol. The Hall–Kier alpha value is -1.61. The smallest absolute Gasteiger partial charge is 0.170 e. The summed E-state index contributed by atoms with van der Waals surface area (Å²) in [5.41, 5.74) is 2.97. The van der Waals surface area contributed by atoms with Crippen LogP contribution in [0.25, 0.3) is 0 Å². The van der Waals surface area contributed by atoms with Crippen molar-refractivity contribution in [1.82, 2.24) is 0 Å². The van der Waals surface area contributed by atoms with Gasteiger partial charge in [-0.25, -0.2) is 0 Å². The summed E-state index contributed by atoms with van der Waals surface area (Å²) in [6.07, 6.45) is 0.306. The molecule has 1 aromatic carbocycles. The van der Waals surface area contributed by atoms with Gasteiger partial charge in [0.05, 0.1) is 12.0 Å². The third-order valence-electron chi connectivity index (χ3n) is 3.50. The SMILES string of the molecule is Cc1ccc2c(c1)C(=O)CC(c1cc(C)sc1C)O2. The second-order valence-electron chi connectivity index (χ2n) is 5.10. The van der Waals surface area contributed by atoms with Gasteiger partial charge in [0.15, 0.2) is 5.78 Å². The van der Waals surface area contributed by atoms with Gasteiger partial charge in [-0.1, -0.05) is 11.6 Å². The molecular weight excluding hydrogens is 256 g/mol. The summed E-state index contributed by atoms with van der Waals surface area (Å²) in [6, 6.07) is 7.94. The number of thiophene rings is 1. The molecule has 98 valence electrons. The highest BCUT2D eigenvalue weighted by Gasteiger charge is 2.29. The van der Waals surface area contributed by atoms with Gasteiger partial charge in [0.1, 0.15) is 11.9 Å². The molecule has 2 aromatic rings. The number of ketones is 1. The minimum Gasteiger partial charge on any atom is -0.484 e. The van der Waals surface area contributed by atoms with Crippen LogP contribution < -0.4 is 4.74 Å². The van der Waals surface area contributed by atoms with Crippen molar-refractivity contribution >= 4 is 17.1 Å². The lowest BCUT2D eigenvalue weighted by Gasteiger charge is -2.25. The van der Waals surface area contributed by atoms with Gasteiger partial charge in [-0.2, -0.15) is 0 Å². The number of carbonyl (C=O) groups is 1. The van der Waals surface area contributed by atoms with E-state index in [0.717, 1.165) is 22.4 Å². The summed E-state index contributed by atoms with van der Waals surface area (Å²) in [5, 5.41) is 0. The van der Waals surface area contributed by atoms with E-state index in [4.69, 9.17) is 4.74 Å². The van der Waals surface area contributed by atoms with Crippen LogP contribution in [0, 0.1) is 20.8 Å². The fraction of sp³-hybridized carbons (Fsp3) is 0.312. The van der Waals surface area contributed by atoms with E-state index < -0.39 is 0 Å². The summed E-state index contributed by atoms with van der Waals surface area (Å²) in [6.45, 7) is 6.17. The molecule has 1 atom stereocenters. The first-order valence-electron chi connectivity index (χ1n) is 6.42. The molecule has 0 fully saturated rings. The Morgan fingerprint density at radius 2 is 2.00 bits per heavy atom. The van der Waals surface area contributed by atoms with Crippen LogP contribution in [0.15, 0.2) is 24.3 Å². The first-order valence-corrected chi connectivity index (χ1v) is 7.23. The topological polar surface area (TPSA) is 26.3 Å². The maximum absolute atomic E-state index is 12.3. The number of ether oxygens (including phenoxy) is 1. The lowest BCUT2D eigenvalue weighted by Crippen LogP contribution is -2.20. The van der Waals surface area contributed by atoms with Crippen molar-refractivity contribution in [2.45, 2.75) is 33.3 Å². The number of carbonyl (C=O) groups excluding carboxylic acids is 1. The molecule has 0 amide bonds. The van der Waals surface area contributed by atoms with Crippen LogP contribution in [0.1, 0.15) is 43.8 Å². The molecule has 3 heteroatoms. The molecule has 1 aliphatic rings. The standard InChI is InChI=1S/C16H16O2S/c1-9-4-5-15-13(6-9)14(17)8-16(18-15)12-7-10(2)19-11(12)3/h4-7,16H,8H2,1-3H3. The molecule has 0 bridgehead atoms. The highest BCUT2D eigenvalue weighted by Crippen LogP contribution is 2.38. The van der Waals surface area contributed by atoms with Crippen LogP contribution in [0.4, 0.5) is 0 Å². The minimum absolute atomic E-state index is 0.132. The van der Waals surface area contributed by atoms with E-state index >= 15 is 0 Å². The van der Waals surface area contributed by atoms with Gasteiger partial charge in [-0.05, 0) is 39.0 Å². The van der Waals surface area contributed by atoms with Crippen LogP contribution >= 0.6 is 11.3 Å². The van der Waals surface area contributed by atoms with Crippen molar-refractivity contribution in [3.63, 3.8) is 0 Å². The Labute approximate surface area is 117 Å². The zero-order valence-electron chi connectivity index (χ0n) is 11.3. The minimum atomic E-state index is -0.132. The van der Waals surface area contributed by atoms with Crippen molar-refractivity contribution < 1.29 is 9.53 Å². The zero-order valence-corrected chi connectivity index (χ0v) is 12.1. The van der Waals surface area contributed by atoms with Gasteiger partial charge in [-0.15, -0.1) is 11.3 Å². The molecule has 1 unspecified atom stereocenters. The van der Waals surface area contributed by atoms with Gasteiger partial charge in [0.2, 0.25) is 0 Å². The van der Waals surface area contributed by atoms with Crippen molar-refractivity contribution in [1.29, 1.82) is 0 Å². The molecule has 0 aliphatic carbocycles. The van der Waals surface area contributed by atoms with E-state index in [0.29, 0.717) is 6.42 Å². The average Bonchev–Trinajstić information content (AvgIpc) is 2.69. The van der Waals surface area contributed by atoms with Gasteiger partial charge in [0.25, 0.3) is 0 Å². The first kappa shape index (κ1) is 12.4. The highest BCUT2D eigenvalue weighted by molar-refractivity contribution is 7.12. The first-order chi connectivity index (χ1) is 9.04. The quantitative estimate of drug-likeness (QED) is 0.770. The molecule has 19 heavy (non-hydrogen) atoms. The van der Waals surface area contributed by atoms with Crippen molar-refractivity contribution in [2.75, 3.05) is 0 Å². The largest absolute Gasteiger partial charge is 0.484 e. The van der Waals surface area contributed by atoms with E-state index in [1.165, 1.54) is 9.75 Å². The fourth-order valence-electron chi connectivity index (χ4n) is 2.58. The third-order valence-corrected chi connectivity index (χ3v) is 4.48. The lowest BCUT2D eigenvalue weighted by atomic mass is 9.95. The van der Waals surface area contributed by atoms with Crippen LogP contribution in [0.2, 0.25) is 0 Å². The predicted octanol–water partition coefficient (Wildman–Crippen LogP) is 4.38. The van der Waals surface area contributed by atoms with E-state index in [2.05, 4.69) is 19.9 Å². The maximum atomic E-state index is 12.3. The Morgan fingerprint density at radius 3 is 2.68 bits per heavy atom. The number of aryl methyl sites for hydroxylation is 3. The molecular formula is C16H16O2S. The summed E-state index contributed by atoms with van der Waals surface area (Å²) < 4.78 is 6.02. The number of benzene rings is 1. The summed E-state index contributed by atoms with van der Waals surface area (Å²) in [4.78, 5) is 14.8. The van der Waals surface area contributed by atoms with Crippen LogP contribution in [-0.2, 0) is 0 Å². The van der Waals surface area contributed by atoms with Gasteiger partial charge in [0, 0.05) is 15.3 Å².